The van der Waals surface area contributed by atoms with Gasteiger partial charge >= 0.3 is 6.03 Å². The first-order valence-electron chi connectivity index (χ1n) is 10.0. The van der Waals surface area contributed by atoms with Gasteiger partial charge in [0.05, 0.1) is 0 Å². The summed E-state index contributed by atoms with van der Waals surface area (Å²) in [4.78, 5) is 38.7. The highest BCUT2D eigenvalue weighted by molar-refractivity contribution is 6.09. The number of nitrogens with two attached hydrogens (primary N) is 1. The van der Waals surface area contributed by atoms with E-state index in [2.05, 4.69) is 24.5 Å². The Balaban J connectivity index is 1.58. The Kier molecular flexibility index (Phi) is 5.74. The zero-order valence-electron chi connectivity index (χ0n) is 16.8. The largest absolute Gasteiger partial charge is 0.352 e. The van der Waals surface area contributed by atoms with E-state index in [9.17, 15) is 14.4 Å². The number of nitrogens with zero attached hydrogens (tertiary/aromatic N) is 1. The third kappa shape index (κ3) is 3.76. The summed E-state index contributed by atoms with van der Waals surface area (Å²) in [6, 6.07) is 6.30. The highest BCUT2D eigenvalue weighted by Crippen LogP contribution is 2.35. The van der Waals surface area contributed by atoms with Gasteiger partial charge in [-0.3, -0.25) is 9.59 Å². The van der Waals surface area contributed by atoms with Crippen LogP contribution in [-0.4, -0.2) is 40.9 Å². The van der Waals surface area contributed by atoms with E-state index >= 15 is 0 Å². The Labute approximate surface area is 166 Å². The average Bonchev–Trinajstić information content (AvgIpc) is 3.24. The second-order valence-corrected chi connectivity index (χ2v) is 8.24. The number of urea groups is 1. The summed E-state index contributed by atoms with van der Waals surface area (Å²) in [5.74, 6) is -0.225. The predicted octanol–water partition coefficient (Wildman–Crippen LogP) is 2.18. The maximum absolute atomic E-state index is 12.8. The number of carbonyl (C=O) groups is 3. The van der Waals surface area contributed by atoms with Crippen LogP contribution in [0, 0.1) is 0 Å². The lowest BCUT2D eigenvalue weighted by atomic mass is 9.97. The van der Waals surface area contributed by atoms with Gasteiger partial charge in [0.1, 0.15) is 11.6 Å². The molecule has 2 atom stereocenters. The van der Waals surface area contributed by atoms with Crippen molar-refractivity contribution >= 4 is 17.8 Å². The van der Waals surface area contributed by atoms with E-state index in [1.165, 1.54) is 5.56 Å². The van der Waals surface area contributed by atoms with Gasteiger partial charge in [0.2, 0.25) is 5.91 Å². The van der Waals surface area contributed by atoms with Crippen LogP contribution in [0.1, 0.15) is 69.5 Å². The zero-order chi connectivity index (χ0) is 20.5. The standard InChI is InChI=1S/C21H30N4O3/c1-13(2)15-6-8-16(9-7-15)17(22)12-23-18(26)14(3)25-19(27)21(24-20(25)28)10-4-5-11-21/h6-9,13-14,17H,4-5,10-12,22H2,1-3H3,(H,23,26)(H,24,28). The SMILES string of the molecule is CC(C)c1ccc(C(N)CNC(=O)C(C)N2C(=O)NC3(CCCC3)C2=O)cc1. The monoisotopic (exact) mass is 386 g/mol. The molecule has 1 aliphatic carbocycles. The number of benzene rings is 1. The second-order valence-electron chi connectivity index (χ2n) is 8.24. The summed E-state index contributed by atoms with van der Waals surface area (Å²) >= 11 is 0. The van der Waals surface area contributed by atoms with Gasteiger partial charge in [0, 0.05) is 12.6 Å². The number of rotatable bonds is 6. The van der Waals surface area contributed by atoms with Gasteiger partial charge in [-0.05, 0) is 36.8 Å². The molecule has 0 bridgehead atoms. The highest BCUT2D eigenvalue weighted by atomic mass is 16.2. The van der Waals surface area contributed by atoms with Crippen LogP contribution < -0.4 is 16.4 Å². The molecule has 1 aliphatic heterocycles. The first kappa shape index (κ1) is 20.3. The molecule has 1 aromatic rings. The minimum Gasteiger partial charge on any atom is -0.352 e. The lowest BCUT2D eigenvalue weighted by Crippen LogP contribution is -2.50. The molecule has 0 radical (unpaired) electrons. The Hall–Kier alpha value is -2.41. The molecule has 3 rings (SSSR count). The number of nitrogens with one attached hydrogen (secondary N) is 2. The molecule has 1 heterocycles. The van der Waals surface area contributed by atoms with Crippen LogP contribution in [0.25, 0.3) is 0 Å². The van der Waals surface area contributed by atoms with Crippen molar-refractivity contribution < 1.29 is 14.4 Å². The summed E-state index contributed by atoms with van der Waals surface area (Å²) in [6.07, 6.45) is 3.09. The van der Waals surface area contributed by atoms with E-state index in [0.717, 1.165) is 23.3 Å². The second kappa shape index (κ2) is 7.91. The molecular formula is C21H30N4O3. The van der Waals surface area contributed by atoms with Crippen molar-refractivity contribution in [1.29, 1.82) is 0 Å². The summed E-state index contributed by atoms with van der Waals surface area (Å²) < 4.78 is 0. The van der Waals surface area contributed by atoms with Gasteiger partial charge in [-0.1, -0.05) is 51.0 Å². The molecule has 1 spiro atoms. The molecule has 4 N–H and O–H groups in total. The van der Waals surface area contributed by atoms with E-state index in [-0.39, 0.29) is 24.4 Å². The lowest BCUT2D eigenvalue weighted by molar-refractivity contribution is -0.137. The molecule has 2 aliphatic rings. The molecule has 1 aromatic carbocycles. The minimum absolute atomic E-state index is 0.235. The van der Waals surface area contributed by atoms with Gasteiger partial charge in [-0.15, -0.1) is 0 Å². The quantitative estimate of drug-likeness (QED) is 0.652. The van der Waals surface area contributed by atoms with Crippen LogP contribution in [0.5, 0.6) is 0 Å². The number of hydrogen-bond donors (Lipinski definition) is 3. The van der Waals surface area contributed by atoms with Crippen LogP contribution in [0.3, 0.4) is 0 Å². The molecule has 152 valence electrons. The Morgan fingerprint density at radius 1 is 1.14 bits per heavy atom. The Morgan fingerprint density at radius 3 is 2.29 bits per heavy atom. The predicted molar refractivity (Wildman–Crippen MR) is 107 cm³/mol. The van der Waals surface area contributed by atoms with Crippen LogP contribution >= 0.6 is 0 Å². The maximum atomic E-state index is 12.8. The molecule has 1 saturated carbocycles. The van der Waals surface area contributed by atoms with Crippen molar-refractivity contribution in [3.8, 4) is 0 Å². The topological polar surface area (TPSA) is 105 Å². The highest BCUT2D eigenvalue weighted by Gasteiger charge is 2.54. The summed E-state index contributed by atoms with van der Waals surface area (Å²) in [6.45, 7) is 6.06. The molecule has 28 heavy (non-hydrogen) atoms. The molecule has 7 nitrogen and oxygen atoms in total. The van der Waals surface area contributed by atoms with E-state index in [1.807, 2.05) is 24.3 Å². The van der Waals surface area contributed by atoms with E-state index in [1.54, 1.807) is 6.92 Å². The lowest BCUT2D eigenvalue weighted by Gasteiger charge is -2.24. The van der Waals surface area contributed by atoms with Gasteiger partial charge < -0.3 is 16.4 Å². The minimum atomic E-state index is -0.872. The number of amides is 4. The third-order valence-electron chi connectivity index (χ3n) is 5.94. The van der Waals surface area contributed by atoms with Crippen LogP contribution in [0.4, 0.5) is 4.79 Å². The fourth-order valence-corrected chi connectivity index (χ4v) is 4.03. The third-order valence-corrected chi connectivity index (χ3v) is 5.94. The number of carbonyl (C=O) groups excluding carboxylic acids is 3. The van der Waals surface area contributed by atoms with Crippen LogP contribution in [-0.2, 0) is 9.59 Å². The van der Waals surface area contributed by atoms with E-state index in [0.29, 0.717) is 18.8 Å². The fourth-order valence-electron chi connectivity index (χ4n) is 4.03. The van der Waals surface area contributed by atoms with Crippen molar-refractivity contribution in [3.63, 3.8) is 0 Å². The van der Waals surface area contributed by atoms with Gasteiger partial charge in [0.25, 0.3) is 5.91 Å². The zero-order valence-corrected chi connectivity index (χ0v) is 16.8. The maximum Gasteiger partial charge on any atom is 0.325 e. The molecule has 0 aromatic heterocycles. The molecular weight excluding hydrogens is 356 g/mol. The van der Waals surface area contributed by atoms with Gasteiger partial charge in [-0.25, -0.2) is 9.69 Å². The van der Waals surface area contributed by atoms with Gasteiger partial charge in [0.15, 0.2) is 0 Å². The van der Waals surface area contributed by atoms with E-state index in [4.69, 9.17) is 5.73 Å². The Bertz CT molecular complexity index is 753. The Morgan fingerprint density at radius 2 is 1.71 bits per heavy atom. The van der Waals surface area contributed by atoms with Crippen LogP contribution in [0.15, 0.2) is 24.3 Å². The van der Waals surface area contributed by atoms with Crippen LogP contribution in [0.2, 0.25) is 0 Å². The van der Waals surface area contributed by atoms with Crippen molar-refractivity contribution in [2.24, 2.45) is 5.73 Å². The molecule has 2 fully saturated rings. The molecule has 1 saturated heterocycles. The normalized spacial score (nSPS) is 20.5. The molecule has 2 unspecified atom stereocenters. The van der Waals surface area contributed by atoms with E-state index < -0.39 is 17.6 Å². The van der Waals surface area contributed by atoms with Crippen molar-refractivity contribution in [3.05, 3.63) is 35.4 Å². The fraction of sp³-hybridized carbons (Fsp3) is 0.571. The summed E-state index contributed by atoms with van der Waals surface area (Å²) in [5, 5.41) is 5.58. The first-order chi connectivity index (χ1) is 13.2. The number of imide groups is 1. The average molecular weight is 386 g/mol. The first-order valence-corrected chi connectivity index (χ1v) is 10.0. The smallest absolute Gasteiger partial charge is 0.325 e. The summed E-state index contributed by atoms with van der Waals surface area (Å²) in [5.41, 5.74) is 7.55. The van der Waals surface area contributed by atoms with Gasteiger partial charge in [-0.2, -0.15) is 0 Å². The number of hydrogen-bond acceptors (Lipinski definition) is 4. The van der Waals surface area contributed by atoms with Crippen molar-refractivity contribution in [1.82, 2.24) is 15.5 Å². The summed E-state index contributed by atoms with van der Waals surface area (Å²) in [7, 11) is 0. The molecule has 4 amide bonds. The van der Waals surface area contributed by atoms with Crippen molar-refractivity contribution in [2.75, 3.05) is 6.54 Å². The van der Waals surface area contributed by atoms with Crippen molar-refractivity contribution in [2.45, 2.75) is 70.0 Å². The molecule has 7 heteroatoms.